The van der Waals surface area contributed by atoms with Gasteiger partial charge in [0.05, 0.1) is 0 Å². The third kappa shape index (κ3) is 3.97. The predicted octanol–water partition coefficient (Wildman–Crippen LogP) is 2.98. The van der Waals surface area contributed by atoms with Crippen LogP contribution in [0.1, 0.15) is 33.6 Å². The maximum Gasteiger partial charge on any atom is 0.319 e. The Hall–Kier alpha value is -2.04. The van der Waals surface area contributed by atoms with Crippen molar-refractivity contribution >= 4 is 23.3 Å². The number of rotatable bonds is 4. The summed E-state index contributed by atoms with van der Waals surface area (Å²) >= 11 is 0. The first-order chi connectivity index (χ1) is 9.97. The van der Waals surface area contributed by atoms with Gasteiger partial charge in [-0.25, -0.2) is 4.79 Å². The van der Waals surface area contributed by atoms with E-state index in [0.29, 0.717) is 18.0 Å². The molecular formula is C16H23N3O2. The lowest BCUT2D eigenvalue weighted by atomic mass is 10.1. The van der Waals surface area contributed by atoms with Crippen LogP contribution in [0, 0.1) is 5.92 Å². The van der Waals surface area contributed by atoms with Crippen LogP contribution in [0.25, 0.3) is 0 Å². The van der Waals surface area contributed by atoms with Gasteiger partial charge in [-0.3, -0.25) is 4.79 Å². The normalized spacial score (nSPS) is 16.2. The molecule has 0 spiro atoms. The molecule has 1 aromatic rings. The highest BCUT2D eigenvalue weighted by molar-refractivity contribution is 5.96. The van der Waals surface area contributed by atoms with Crippen molar-refractivity contribution in [2.75, 3.05) is 16.8 Å². The van der Waals surface area contributed by atoms with Gasteiger partial charge < -0.3 is 15.5 Å². The van der Waals surface area contributed by atoms with E-state index in [-0.39, 0.29) is 18.0 Å². The van der Waals surface area contributed by atoms with E-state index in [1.54, 1.807) is 4.90 Å². The van der Waals surface area contributed by atoms with Gasteiger partial charge in [-0.15, -0.1) is 0 Å². The molecule has 3 amide bonds. The van der Waals surface area contributed by atoms with Gasteiger partial charge in [-0.2, -0.15) is 0 Å². The average molecular weight is 289 g/mol. The van der Waals surface area contributed by atoms with Crippen molar-refractivity contribution < 1.29 is 9.59 Å². The van der Waals surface area contributed by atoms with Gasteiger partial charge in [0.1, 0.15) is 0 Å². The summed E-state index contributed by atoms with van der Waals surface area (Å²) in [6.45, 7) is 6.84. The van der Waals surface area contributed by atoms with Crippen molar-refractivity contribution in [3.63, 3.8) is 0 Å². The average Bonchev–Trinajstić information content (AvgIpc) is 2.85. The maximum atomic E-state index is 11.9. The molecule has 0 bridgehead atoms. The fraction of sp³-hybridized carbons (Fsp3) is 0.500. The lowest BCUT2D eigenvalue weighted by molar-refractivity contribution is -0.117. The molecule has 1 fully saturated rings. The van der Waals surface area contributed by atoms with Gasteiger partial charge in [0.2, 0.25) is 5.91 Å². The van der Waals surface area contributed by atoms with Gasteiger partial charge in [-0.05, 0) is 37.5 Å². The number of benzene rings is 1. The maximum absolute atomic E-state index is 11.9. The highest BCUT2D eigenvalue weighted by Gasteiger charge is 2.21. The Morgan fingerprint density at radius 2 is 2.05 bits per heavy atom. The van der Waals surface area contributed by atoms with Crippen LogP contribution in [0.3, 0.4) is 0 Å². The summed E-state index contributed by atoms with van der Waals surface area (Å²) in [7, 11) is 0. The topological polar surface area (TPSA) is 61.4 Å². The summed E-state index contributed by atoms with van der Waals surface area (Å²) in [5.41, 5.74) is 1.54. The minimum atomic E-state index is -0.221. The fourth-order valence-electron chi connectivity index (χ4n) is 2.21. The van der Waals surface area contributed by atoms with Crippen LogP contribution in [0.4, 0.5) is 16.2 Å². The summed E-state index contributed by atoms with van der Waals surface area (Å²) in [4.78, 5) is 25.4. The van der Waals surface area contributed by atoms with E-state index < -0.39 is 0 Å². The predicted molar refractivity (Wildman–Crippen MR) is 84.5 cm³/mol. The van der Waals surface area contributed by atoms with E-state index in [1.165, 1.54) is 0 Å². The lowest BCUT2D eigenvalue weighted by Gasteiger charge is -2.19. The molecule has 1 aliphatic rings. The number of urea groups is 1. The first kappa shape index (κ1) is 15.4. The molecular weight excluding hydrogens is 266 g/mol. The second kappa shape index (κ2) is 6.61. The van der Waals surface area contributed by atoms with Gasteiger partial charge >= 0.3 is 6.03 Å². The first-order valence-electron chi connectivity index (χ1n) is 7.45. The van der Waals surface area contributed by atoms with Crippen molar-refractivity contribution in [3.05, 3.63) is 24.3 Å². The monoisotopic (exact) mass is 289 g/mol. The molecule has 2 N–H and O–H groups in total. The van der Waals surface area contributed by atoms with Crippen LogP contribution in [0.5, 0.6) is 0 Å². The van der Waals surface area contributed by atoms with E-state index in [0.717, 1.165) is 18.7 Å². The minimum Gasteiger partial charge on any atom is -0.335 e. The third-order valence-corrected chi connectivity index (χ3v) is 3.85. The number of anilines is 2. The minimum absolute atomic E-state index is 0.105. The summed E-state index contributed by atoms with van der Waals surface area (Å²) in [5, 5.41) is 5.71. The second-order valence-electron chi connectivity index (χ2n) is 5.83. The van der Waals surface area contributed by atoms with Crippen LogP contribution >= 0.6 is 0 Å². The van der Waals surface area contributed by atoms with E-state index in [1.807, 2.05) is 31.2 Å². The number of amides is 3. The molecule has 1 aromatic carbocycles. The van der Waals surface area contributed by atoms with Crippen LogP contribution in [-0.4, -0.2) is 24.5 Å². The smallest absolute Gasteiger partial charge is 0.319 e. The lowest BCUT2D eigenvalue weighted by Crippen LogP contribution is -2.39. The molecule has 1 atom stereocenters. The van der Waals surface area contributed by atoms with E-state index >= 15 is 0 Å². The number of nitrogens with zero attached hydrogens (tertiary/aromatic N) is 1. The number of nitrogens with one attached hydrogen (secondary N) is 2. The summed E-state index contributed by atoms with van der Waals surface area (Å²) < 4.78 is 0. The zero-order chi connectivity index (χ0) is 15.4. The van der Waals surface area contributed by atoms with Crippen molar-refractivity contribution in [1.29, 1.82) is 0 Å². The Balaban J connectivity index is 2.01. The molecule has 5 heteroatoms. The quantitative estimate of drug-likeness (QED) is 0.895. The number of carbonyl (C=O) groups excluding carboxylic acids is 2. The van der Waals surface area contributed by atoms with Crippen LogP contribution in [-0.2, 0) is 4.79 Å². The zero-order valence-corrected chi connectivity index (χ0v) is 12.8. The molecule has 2 rings (SSSR count). The van der Waals surface area contributed by atoms with Crippen LogP contribution in [0.15, 0.2) is 24.3 Å². The van der Waals surface area contributed by atoms with Crippen LogP contribution in [0.2, 0.25) is 0 Å². The van der Waals surface area contributed by atoms with Crippen LogP contribution < -0.4 is 15.5 Å². The van der Waals surface area contributed by atoms with Crippen molar-refractivity contribution in [1.82, 2.24) is 5.32 Å². The van der Waals surface area contributed by atoms with Gasteiger partial charge in [0, 0.05) is 30.4 Å². The zero-order valence-electron chi connectivity index (χ0n) is 12.8. The molecule has 0 radical (unpaired) electrons. The van der Waals surface area contributed by atoms with E-state index in [4.69, 9.17) is 0 Å². The van der Waals surface area contributed by atoms with E-state index in [9.17, 15) is 9.59 Å². The van der Waals surface area contributed by atoms with Gasteiger partial charge in [-0.1, -0.05) is 19.9 Å². The Morgan fingerprint density at radius 3 is 2.67 bits per heavy atom. The van der Waals surface area contributed by atoms with Crippen molar-refractivity contribution in [2.45, 2.75) is 39.7 Å². The first-order valence-corrected chi connectivity index (χ1v) is 7.45. The molecule has 114 valence electrons. The van der Waals surface area contributed by atoms with Crippen molar-refractivity contribution in [3.8, 4) is 0 Å². The summed E-state index contributed by atoms with van der Waals surface area (Å²) in [5.74, 6) is 0.523. The molecule has 0 aromatic heterocycles. The van der Waals surface area contributed by atoms with Gasteiger partial charge in [0.15, 0.2) is 0 Å². The second-order valence-corrected chi connectivity index (χ2v) is 5.83. The molecule has 0 saturated carbocycles. The Morgan fingerprint density at radius 1 is 1.29 bits per heavy atom. The SMILES string of the molecule is CC(C)C(C)NC(=O)Nc1cccc(N2CCCC2=O)c1. The standard InChI is InChI=1S/C16H23N3O2/c1-11(2)12(3)17-16(21)18-13-6-4-7-14(10-13)19-9-5-8-15(19)20/h4,6-7,10-12H,5,8-9H2,1-3H3,(H2,17,18,21). The number of hydrogen-bond acceptors (Lipinski definition) is 2. The van der Waals surface area contributed by atoms with Gasteiger partial charge in [0.25, 0.3) is 0 Å². The summed E-state index contributed by atoms with van der Waals surface area (Å²) in [6.07, 6.45) is 1.49. The Kier molecular flexibility index (Phi) is 4.83. The summed E-state index contributed by atoms with van der Waals surface area (Å²) in [6, 6.07) is 7.28. The largest absolute Gasteiger partial charge is 0.335 e. The molecule has 0 aliphatic carbocycles. The highest BCUT2D eigenvalue weighted by Crippen LogP contribution is 2.24. The molecule has 1 heterocycles. The third-order valence-electron chi connectivity index (χ3n) is 3.85. The Bertz CT molecular complexity index is 528. The Labute approximate surface area is 125 Å². The molecule has 1 saturated heterocycles. The number of carbonyl (C=O) groups is 2. The fourth-order valence-corrected chi connectivity index (χ4v) is 2.21. The molecule has 5 nitrogen and oxygen atoms in total. The molecule has 1 aliphatic heterocycles. The number of hydrogen-bond donors (Lipinski definition) is 2. The van der Waals surface area contributed by atoms with Crippen molar-refractivity contribution in [2.24, 2.45) is 5.92 Å². The van der Waals surface area contributed by atoms with E-state index in [2.05, 4.69) is 24.5 Å². The molecule has 1 unspecified atom stereocenters. The molecule has 21 heavy (non-hydrogen) atoms. The highest BCUT2D eigenvalue weighted by atomic mass is 16.2.